The van der Waals surface area contributed by atoms with Crippen LogP contribution >= 0.6 is 11.3 Å². The highest BCUT2D eigenvalue weighted by molar-refractivity contribution is 7.07. The number of aliphatic carboxylic acids is 1. The summed E-state index contributed by atoms with van der Waals surface area (Å²) in [5.74, 6) is -0.900. The zero-order valence-electron chi connectivity index (χ0n) is 12.5. The lowest BCUT2D eigenvalue weighted by molar-refractivity contribution is -0.148. The second-order valence-electron chi connectivity index (χ2n) is 5.63. The predicted octanol–water partition coefficient (Wildman–Crippen LogP) is 2.72. The minimum absolute atomic E-state index is 0.0175. The van der Waals surface area contributed by atoms with E-state index in [0.29, 0.717) is 19.4 Å². The van der Waals surface area contributed by atoms with Crippen molar-refractivity contribution in [2.75, 3.05) is 6.54 Å². The third-order valence-corrected chi connectivity index (χ3v) is 4.94. The zero-order chi connectivity index (χ0) is 15.5. The first kappa shape index (κ1) is 15.8. The minimum atomic E-state index is -1.04. The molecule has 1 aromatic rings. The summed E-state index contributed by atoms with van der Waals surface area (Å²) in [6.07, 6.45) is 2.47. The molecule has 0 bridgehead atoms. The number of hydrogen-bond acceptors (Lipinski definition) is 3. The van der Waals surface area contributed by atoms with Gasteiger partial charge in [-0.1, -0.05) is 6.92 Å². The van der Waals surface area contributed by atoms with E-state index in [4.69, 9.17) is 0 Å². The van der Waals surface area contributed by atoms with Gasteiger partial charge in [0.05, 0.1) is 0 Å². The summed E-state index contributed by atoms with van der Waals surface area (Å²) in [4.78, 5) is 25.5. The van der Waals surface area contributed by atoms with Gasteiger partial charge in [0, 0.05) is 12.6 Å². The van der Waals surface area contributed by atoms with E-state index in [-0.39, 0.29) is 12.1 Å². The number of carboxylic acids is 1. The fraction of sp³-hybridized carbons (Fsp3) is 0.600. The van der Waals surface area contributed by atoms with Gasteiger partial charge in [-0.3, -0.25) is 0 Å². The number of likely N-dealkylation sites (tertiary alicyclic amines) is 1. The van der Waals surface area contributed by atoms with Crippen molar-refractivity contribution >= 4 is 23.3 Å². The third-order valence-electron chi connectivity index (χ3n) is 4.21. The summed E-state index contributed by atoms with van der Waals surface area (Å²) < 4.78 is 0. The molecule has 116 valence electrons. The van der Waals surface area contributed by atoms with Crippen molar-refractivity contribution in [3.63, 3.8) is 0 Å². The smallest absolute Gasteiger partial charge is 0.329 e. The molecule has 6 heteroatoms. The van der Waals surface area contributed by atoms with E-state index in [0.717, 1.165) is 12.8 Å². The van der Waals surface area contributed by atoms with Gasteiger partial charge < -0.3 is 15.3 Å². The Morgan fingerprint density at radius 3 is 2.90 bits per heavy atom. The fourth-order valence-electron chi connectivity index (χ4n) is 3.02. The van der Waals surface area contributed by atoms with Gasteiger partial charge in [0.1, 0.15) is 5.54 Å². The van der Waals surface area contributed by atoms with E-state index in [1.54, 1.807) is 11.3 Å². The summed E-state index contributed by atoms with van der Waals surface area (Å²) in [5.41, 5.74) is 0.154. The largest absolute Gasteiger partial charge is 0.479 e. The lowest BCUT2D eigenvalue weighted by Gasteiger charge is -2.34. The van der Waals surface area contributed by atoms with Crippen LogP contribution in [0, 0.1) is 0 Å². The van der Waals surface area contributed by atoms with Crippen LogP contribution in [0.25, 0.3) is 0 Å². The molecule has 0 radical (unpaired) electrons. The molecular formula is C15H22N2O3S. The molecule has 0 aromatic carbocycles. The number of rotatable bonds is 5. The summed E-state index contributed by atoms with van der Waals surface area (Å²) >= 11 is 1.63. The Kier molecular flexibility index (Phi) is 4.88. The number of carbonyl (C=O) groups is 2. The first-order chi connectivity index (χ1) is 9.99. The molecule has 0 spiro atoms. The molecule has 1 aliphatic heterocycles. The van der Waals surface area contributed by atoms with Gasteiger partial charge >= 0.3 is 12.0 Å². The summed E-state index contributed by atoms with van der Waals surface area (Å²) in [6, 6.07) is 1.76. The fourth-order valence-corrected chi connectivity index (χ4v) is 3.70. The molecule has 2 amide bonds. The number of carbonyl (C=O) groups excluding carboxylic acids is 1. The second kappa shape index (κ2) is 6.47. The molecule has 0 saturated carbocycles. The van der Waals surface area contributed by atoms with Gasteiger partial charge in [-0.25, -0.2) is 9.59 Å². The maximum absolute atomic E-state index is 12.4. The Morgan fingerprint density at radius 1 is 1.57 bits per heavy atom. The molecule has 1 saturated heterocycles. The molecule has 21 heavy (non-hydrogen) atoms. The van der Waals surface area contributed by atoms with Gasteiger partial charge in [-0.05, 0) is 55.0 Å². The third kappa shape index (κ3) is 3.20. The number of carboxylic acid groups (broad SMARTS) is 1. The molecule has 1 aromatic heterocycles. The summed E-state index contributed by atoms with van der Waals surface area (Å²) in [7, 11) is 0. The van der Waals surface area contributed by atoms with Gasteiger partial charge in [0.15, 0.2) is 0 Å². The van der Waals surface area contributed by atoms with Crippen LogP contribution in [0.4, 0.5) is 4.79 Å². The molecule has 0 aliphatic carbocycles. The van der Waals surface area contributed by atoms with Crippen LogP contribution in [-0.4, -0.2) is 40.1 Å². The van der Waals surface area contributed by atoms with Crippen molar-refractivity contribution in [1.82, 2.24) is 10.2 Å². The van der Waals surface area contributed by atoms with Crippen molar-refractivity contribution in [1.29, 1.82) is 0 Å². The number of amides is 2. The average Bonchev–Trinajstić information content (AvgIpc) is 3.06. The monoisotopic (exact) mass is 310 g/mol. The lowest BCUT2D eigenvalue weighted by Crippen LogP contribution is -2.56. The molecule has 1 fully saturated rings. The van der Waals surface area contributed by atoms with E-state index in [1.807, 2.05) is 25.3 Å². The van der Waals surface area contributed by atoms with Gasteiger partial charge in [0.2, 0.25) is 0 Å². The van der Waals surface area contributed by atoms with Crippen molar-refractivity contribution in [2.24, 2.45) is 0 Å². The normalized spacial score (nSPS) is 23.0. The minimum Gasteiger partial charge on any atom is -0.479 e. The predicted molar refractivity (Wildman–Crippen MR) is 82.6 cm³/mol. The van der Waals surface area contributed by atoms with E-state index < -0.39 is 11.5 Å². The molecule has 1 aliphatic rings. The second-order valence-corrected chi connectivity index (χ2v) is 6.41. The molecule has 2 unspecified atom stereocenters. The molecule has 2 heterocycles. The standard InChI is InChI=1S/C15H22N2O3S/c1-3-15(13(18)19)6-4-7-17(15)14(20)16-11(2)9-12-5-8-21-10-12/h5,8,10-11H,3-4,6-7,9H2,1-2H3,(H,16,20)(H,18,19). The Hall–Kier alpha value is -1.56. The highest BCUT2D eigenvalue weighted by Crippen LogP contribution is 2.32. The van der Waals surface area contributed by atoms with Crippen LogP contribution in [0.1, 0.15) is 38.7 Å². The van der Waals surface area contributed by atoms with Crippen molar-refractivity contribution < 1.29 is 14.7 Å². The molecule has 5 nitrogen and oxygen atoms in total. The van der Waals surface area contributed by atoms with Crippen LogP contribution in [0.15, 0.2) is 16.8 Å². The molecule has 2 atom stereocenters. The zero-order valence-corrected chi connectivity index (χ0v) is 13.3. The van der Waals surface area contributed by atoms with Crippen LogP contribution in [-0.2, 0) is 11.2 Å². The first-order valence-corrected chi connectivity index (χ1v) is 8.26. The highest BCUT2D eigenvalue weighted by atomic mass is 32.1. The van der Waals surface area contributed by atoms with Crippen LogP contribution in [0.5, 0.6) is 0 Å². The van der Waals surface area contributed by atoms with Crippen LogP contribution < -0.4 is 5.32 Å². The van der Waals surface area contributed by atoms with Gasteiger partial charge in [-0.2, -0.15) is 11.3 Å². The Bertz CT molecular complexity index is 503. The number of hydrogen-bond donors (Lipinski definition) is 2. The highest BCUT2D eigenvalue weighted by Gasteiger charge is 2.48. The molecule has 2 N–H and O–H groups in total. The van der Waals surface area contributed by atoms with Crippen LogP contribution in [0.2, 0.25) is 0 Å². The van der Waals surface area contributed by atoms with Crippen molar-refractivity contribution in [3.8, 4) is 0 Å². The van der Waals surface area contributed by atoms with Gasteiger partial charge in [0.25, 0.3) is 0 Å². The van der Waals surface area contributed by atoms with E-state index in [9.17, 15) is 14.7 Å². The Morgan fingerprint density at radius 2 is 2.33 bits per heavy atom. The van der Waals surface area contributed by atoms with Gasteiger partial charge in [-0.15, -0.1) is 0 Å². The van der Waals surface area contributed by atoms with E-state index in [1.165, 1.54) is 10.5 Å². The number of thiophene rings is 1. The molecular weight excluding hydrogens is 288 g/mol. The van der Waals surface area contributed by atoms with Crippen molar-refractivity contribution in [2.45, 2.75) is 51.1 Å². The Balaban J connectivity index is 2.00. The average molecular weight is 310 g/mol. The van der Waals surface area contributed by atoms with E-state index in [2.05, 4.69) is 10.7 Å². The summed E-state index contributed by atoms with van der Waals surface area (Å²) in [6.45, 7) is 4.28. The van der Waals surface area contributed by atoms with Crippen molar-refractivity contribution in [3.05, 3.63) is 22.4 Å². The van der Waals surface area contributed by atoms with Crippen LogP contribution in [0.3, 0.4) is 0 Å². The molecule has 2 rings (SSSR count). The number of nitrogens with zero attached hydrogens (tertiary/aromatic N) is 1. The Labute approximate surface area is 129 Å². The first-order valence-electron chi connectivity index (χ1n) is 7.32. The maximum Gasteiger partial charge on any atom is 0.329 e. The maximum atomic E-state index is 12.4. The topological polar surface area (TPSA) is 69.6 Å². The number of urea groups is 1. The lowest BCUT2D eigenvalue weighted by atomic mass is 9.93. The summed E-state index contributed by atoms with van der Waals surface area (Å²) in [5, 5.41) is 16.5. The van der Waals surface area contributed by atoms with E-state index >= 15 is 0 Å². The number of nitrogens with one attached hydrogen (secondary N) is 1. The SMILES string of the molecule is CCC1(C(=O)O)CCCN1C(=O)NC(C)Cc1ccsc1. The quantitative estimate of drug-likeness (QED) is 0.878.